The van der Waals surface area contributed by atoms with Gasteiger partial charge in [0.05, 0.1) is 12.4 Å². The lowest BCUT2D eigenvalue weighted by Gasteiger charge is -2.14. The van der Waals surface area contributed by atoms with Crippen LogP contribution in [-0.4, -0.2) is 27.4 Å². The predicted molar refractivity (Wildman–Crippen MR) is 87.1 cm³/mol. The molecule has 7 heteroatoms. The van der Waals surface area contributed by atoms with E-state index in [4.69, 9.17) is 5.73 Å². The molecule has 1 rings (SSSR count). The maximum absolute atomic E-state index is 12.0. The van der Waals surface area contributed by atoms with Crippen LogP contribution in [0.4, 0.5) is 4.39 Å². The molecule has 0 aliphatic heterocycles. The molecule has 0 amide bonds. The Labute approximate surface area is 132 Å². The summed E-state index contributed by atoms with van der Waals surface area (Å²) >= 11 is 0. The molecule has 0 aliphatic carbocycles. The number of rotatable bonds is 8. The number of nitrogens with one attached hydrogen (secondary N) is 1. The van der Waals surface area contributed by atoms with Gasteiger partial charge in [0.15, 0.2) is 0 Å². The molecule has 122 valence electrons. The minimum atomic E-state index is -3.44. The Kier molecular flexibility index (Phi) is 9.04. The van der Waals surface area contributed by atoms with Gasteiger partial charge in [0, 0.05) is 12.6 Å². The lowest BCUT2D eigenvalue weighted by molar-refractivity contribution is 0.482. The van der Waals surface area contributed by atoms with E-state index in [0.717, 1.165) is 5.56 Å². The van der Waals surface area contributed by atoms with E-state index in [1.54, 1.807) is 0 Å². The Bertz CT molecular complexity index is 506. The molecule has 1 atom stereocenters. The molecule has 0 saturated carbocycles. The van der Waals surface area contributed by atoms with Gasteiger partial charge in [0.1, 0.15) is 0 Å². The first-order valence-electron chi connectivity index (χ1n) is 6.74. The highest BCUT2D eigenvalue weighted by molar-refractivity contribution is 7.89. The van der Waals surface area contributed by atoms with Crippen molar-refractivity contribution in [2.24, 2.45) is 5.73 Å². The molecule has 1 aromatic carbocycles. The van der Waals surface area contributed by atoms with Crippen LogP contribution in [-0.2, 0) is 10.0 Å². The first-order valence-corrected chi connectivity index (χ1v) is 8.39. The van der Waals surface area contributed by atoms with Gasteiger partial charge in [-0.25, -0.2) is 13.1 Å². The van der Waals surface area contributed by atoms with Crippen LogP contribution in [0.15, 0.2) is 24.3 Å². The number of sulfonamides is 1. The van der Waals surface area contributed by atoms with E-state index < -0.39 is 22.7 Å². The molecule has 0 aliphatic rings. The van der Waals surface area contributed by atoms with Crippen molar-refractivity contribution in [2.45, 2.75) is 32.2 Å². The van der Waals surface area contributed by atoms with Gasteiger partial charge in [-0.3, -0.25) is 4.39 Å². The Morgan fingerprint density at radius 3 is 2.19 bits per heavy atom. The number of alkyl halides is 1. The van der Waals surface area contributed by atoms with Gasteiger partial charge in [-0.05, 0) is 23.5 Å². The molecular weight excluding hydrogens is 315 g/mol. The van der Waals surface area contributed by atoms with E-state index in [9.17, 15) is 12.8 Å². The monoisotopic (exact) mass is 338 g/mol. The third-order valence-corrected chi connectivity index (χ3v) is 4.53. The standard InChI is InChI=1S/C14H23FN2O2S.ClH/c1-11(2)12-4-6-13(7-5-12)14(16)10-17-20(18,19)9-3-8-15;/h4-7,11,14,17H,3,8-10,16H2,1-2H3;1H. The van der Waals surface area contributed by atoms with Crippen LogP contribution in [0.3, 0.4) is 0 Å². The molecular formula is C14H24ClFN2O2S. The summed E-state index contributed by atoms with van der Waals surface area (Å²) in [6, 6.07) is 7.41. The smallest absolute Gasteiger partial charge is 0.211 e. The highest BCUT2D eigenvalue weighted by atomic mass is 35.5. The average molecular weight is 339 g/mol. The molecule has 1 unspecified atom stereocenters. The highest BCUT2D eigenvalue weighted by Crippen LogP contribution is 2.17. The van der Waals surface area contributed by atoms with Crippen molar-refractivity contribution in [1.29, 1.82) is 0 Å². The van der Waals surface area contributed by atoms with Crippen LogP contribution in [0.1, 0.15) is 43.4 Å². The summed E-state index contributed by atoms with van der Waals surface area (Å²) in [6.07, 6.45) is 0.00760. The molecule has 0 bridgehead atoms. The second-order valence-electron chi connectivity index (χ2n) is 5.14. The summed E-state index contributed by atoms with van der Waals surface area (Å²) in [4.78, 5) is 0. The van der Waals surface area contributed by atoms with Crippen LogP contribution < -0.4 is 10.5 Å². The van der Waals surface area contributed by atoms with E-state index in [0.29, 0.717) is 5.92 Å². The lowest BCUT2D eigenvalue weighted by Crippen LogP contribution is -2.33. The van der Waals surface area contributed by atoms with Crippen molar-refractivity contribution in [1.82, 2.24) is 4.72 Å². The average Bonchev–Trinajstić information content (AvgIpc) is 2.43. The van der Waals surface area contributed by atoms with Crippen molar-refractivity contribution < 1.29 is 12.8 Å². The van der Waals surface area contributed by atoms with E-state index >= 15 is 0 Å². The van der Waals surface area contributed by atoms with Crippen molar-refractivity contribution >= 4 is 22.4 Å². The van der Waals surface area contributed by atoms with E-state index in [1.165, 1.54) is 5.56 Å². The van der Waals surface area contributed by atoms with Crippen LogP contribution >= 0.6 is 12.4 Å². The van der Waals surface area contributed by atoms with Crippen LogP contribution in [0.5, 0.6) is 0 Å². The van der Waals surface area contributed by atoms with E-state index in [1.807, 2.05) is 24.3 Å². The molecule has 3 N–H and O–H groups in total. The summed E-state index contributed by atoms with van der Waals surface area (Å²) in [6.45, 7) is 3.70. The maximum atomic E-state index is 12.0. The third kappa shape index (κ3) is 7.22. The Hall–Kier alpha value is -0.690. The summed E-state index contributed by atoms with van der Waals surface area (Å²) in [5.41, 5.74) is 8.05. The van der Waals surface area contributed by atoms with Gasteiger partial charge in [-0.1, -0.05) is 38.1 Å². The summed E-state index contributed by atoms with van der Waals surface area (Å²) < 4.78 is 37.5. The Balaban J connectivity index is 0.00000400. The second kappa shape index (κ2) is 9.35. The van der Waals surface area contributed by atoms with Gasteiger partial charge >= 0.3 is 0 Å². The molecule has 0 spiro atoms. The SMILES string of the molecule is CC(C)c1ccc(C(N)CNS(=O)(=O)CCCF)cc1.Cl. The normalized spacial score (nSPS) is 13.0. The van der Waals surface area contributed by atoms with E-state index in [-0.39, 0.29) is 31.1 Å². The molecule has 0 radical (unpaired) electrons. The number of hydrogen-bond acceptors (Lipinski definition) is 3. The largest absolute Gasteiger partial charge is 0.323 e. The summed E-state index contributed by atoms with van der Waals surface area (Å²) in [5, 5.41) is 0. The number of nitrogens with two attached hydrogens (primary N) is 1. The summed E-state index contributed by atoms with van der Waals surface area (Å²) in [7, 11) is -3.44. The van der Waals surface area contributed by atoms with Gasteiger partial charge < -0.3 is 5.73 Å². The third-order valence-electron chi connectivity index (χ3n) is 3.10. The van der Waals surface area contributed by atoms with Gasteiger partial charge in [-0.15, -0.1) is 12.4 Å². The Morgan fingerprint density at radius 1 is 1.19 bits per heavy atom. The van der Waals surface area contributed by atoms with Crippen molar-refractivity contribution in [3.8, 4) is 0 Å². The first-order chi connectivity index (χ1) is 9.35. The molecule has 0 saturated heterocycles. The number of hydrogen-bond donors (Lipinski definition) is 2. The fourth-order valence-corrected chi connectivity index (χ4v) is 2.85. The Morgan fingerprint density at radius 2 is 1.71 bits per heavy atom. The minimum Gasteiger partial charge on any atom is -0.323 e. The zero-order valence-corrected chi connectivity index (χ0v) is 14.0. The zero-order valence-electron chi connectivity index (χ0n) is 12.4. The van der Waals surface area contributed by atoms with Crippen LogP contribution in [0, 0.1) is 0 Å². The van der Waals surface area contributed by atoms with E-state index in [2.05, 4.69) is 18.6 Å². The molecule has 4 nitrogen and oxygen atoms in total. The van der Waals surface area contributed by atoms with Crippen molar-refractivity contribution in [3.05, 3.63) is 35.4 Å². The fourth-order valence-electron chi connectivity index (χ4n) is 1.78. The van der Waals surface area contributed by atoms with Crippen LogP contribution in [0.25, 0.3) is 0 Å². The van der Waals surface area contributed by atoms with Gasteiger partial charge in [0.25, 0.3) is 0 Å². The molecule has 0 heterocycles. The first kappa shape index (κ1) is 20.3. The number of halogens is 2. The van der Waals surface area contributed by atoms with Gasteiger partial charge in [0.2, 0.25) is 10.0 Å². The molecule has 21 heavy (non-hydrogen) atoms. The number of benzene rings is 1. The summed E-state index contributed by atoms with van der Waals surface area (Å²) in [5.74, 6) is 0.238. The van der Waals surface area contributed by atoms with Crippen molar-refractivity contribution in [2.75, 3.05) is 19.0 Å². The molecule has 0 fully saturated rings. The lowest BCUT2D eigenvalue weighted by atomic mass is 9.99. The van der Waals surface area contributed by atoms with Crippen molar-refractivity contribution in [3.63, 3.8) is 0 Å². The molecule has 0 aromatic heterocycles. The molecule has 1 aromatic rings. The minimum absolute atomic E-state index is 0. The highest BCUT2D eigenvalue weighted by Gasteiger charge is 2.13. The second-order valence-corrected chi connectivity index (χ2v) is 7.06. The van der Waals surface area contributed by atoms with Gasteiger partial charge in [-0.2, -0.15) is 0 Å². The zero-order chi connectivity index (χ0) is 15.2. The quantitative estimate of drug-likeness (QED) is 0.765. The topological polar surface area (TPSA) is 72.2 Å². The predicted octanol–water partition coefficient (Wildman–Crippen LogP) is 2.51. The maximum Gasteiger partial charge on any atom is 0.211 e. The fraction of sp³-hybridized carbons (Fsp3) is 0.571. The van der Waals surface area contributed by atoms with Crippen LogP contribution in [0.2, 0.25) is 0 Å².